The fourth-order valence-electron chi connectivity index (χ4n) is 3.12. The molecular formula is C16H28N2O. The van der Waals surface area contributed by atoms with Crippen molar-refractivity contribution >= 4 is 0 Å². The predicted molar refractivity (Wildman–Crippen MR) is 78.9 cm³/mol. The van der Waals surface area contributed by atoms with Crippen LogP contribution in [0.4, 0.5) is 0 Å². The standard InChI is InChI=1S/C16H28N2O/c1-12(2)17-8-16-15(5-6-19-16)11-18-9-13(3)7-14(4)10-18/h5-6,12-14,17H,7-11H2,1-4H3. The molecule has 1 saturated heterocycles. The second-order valence-electron chi connectivity index (χ2n) is 6.54. The smallest absolute Gasteiger partial charge is 0.122 e. The van der Waals surface area contributed by atoms with E-state index < -0.39 is 0 Å². The number of likely N-dealkylation sites (tertiary alicyclic amines) is 1. The molecule has 0 aromatic carbocycles. The average molecular weight is 264 g/mol. The molecular weight excluding hydrogens is 236 g/mol. The lowest BCUT2D eigenvalue weighted by molar-refractivity contribution is 0.133. The van der Waals surface area contributed by atoms with E-state index in [-0.39, 0.29) is 0 Å². The number of furan rings is 1. The van der Waals surface area contributed by atoms with E-state index in [9.17, 15) is 0 Å². The van der Waals surface area contributed by atoms with Crippen LogP contribution < -0.4 is 5.32 Å². The molecule has 2 heterocycles. The first-order valence-corrected chi connectivity index (χ1v) is 7.55. The molecule has 2 atom stereocenters. The molecule has 0 radical (unpaired) electrons. The van der Waals surface area contributed by atoms with E-state index >= 15 is 0 Å². The van der Waals surface area contributed by atoms with E-state index in [4.69, 9.17) is 4.42 Å². The van der Waals surface area contributed by atoms with Gasteiger partial charge in [0.15, 0.2) is 0 Å². The Morgan fingerprint density at radius 1 is 1.32 bits per heavy atom. The van der Waals surface area contributed by atoms with Gasteiger partial charge in [-0.1, -0.05) is 27.7 Å². The van der Waals surface area contributed by atoms with Crippen molar-refractivity contribution in [3.63, 3.8) is 0 Å². The summed E-state index contributed by atoms with van der Waals surface area (Å²) in [6, 6.07) is 2.62. The third kappa shape index (κ3) is 4.36. The van der Waals surface area contributed by atoms with Crippen LogP contribution in [0.1, 0.15) is 45.4 Å². The van der Waals surface area contributed by atoms with Crippen molar-refractivity contribution in [3.8, 4) is 0 Å². The molecule has 2 unspecified atom stereocenters. The first-order valence-electron chi connectivity index (χ1n) is 7.55. The van der Waals surface area contributed by atoms with Gasteiger partial charge in [-0.2, -0.15) is 0 Å². The zero-order valence-electron chi connectivity index (χ0n) is 12.8. The van der Waals surface area contributed by atoms with Crippen LogP contribution in [0.2, 0.25) is 0 Å². The highest BCUT2D eigenvalue weighted by Gasteiger charge is 2.22. The maximum Gasteiger partial charge on any atom is 0.122 e. The summed E-state index contributed by atoms with van der Waals surface area (Å²) in [6.45, 7) is 13.3. The minimum atomic E-state index is 0.494. The van der Waals surface area contributed by atoms with Gasteiger partial charge in [0, 0.05) is 31.2 Å². The first-order chi connectivity index (χ1) is 9.04. The highest BCUT2D eigenvalue weighted by atomic mass is 16.3. The summed E-state index contributed by atoms with van der Waals surface area (Å²) >= 11 is 0. The minimum Gasteiger partial charge on any atom is -0.468 e. The second kappa shape index (κ2) is 6.58. The van der Waals surface area contributed by atoms with Crippen LogP contribution in [0.5, 0.6) is 0 Å². The lowest BCUT2D eigenvalue weighted by Gasteiger charge is -2.34. The van der Waals surface area contributed by atoms with Crippen LogP contribution in [-0.4, -0.2) is 24.0 Å². The van der Waals surface area contributed by atoms with Gasteiger partial charge in [-0.25, -0.2) is 0 Å². The maximum atomic E-state index is 5.62. The van der Waals surface area contributed by atoms with Gasteiger partial charge in [0.1, 0.15) is 5.76 Å². The van der Waals surface area contributed by atoms with Gasteiger partial charge in [0.25, 0.3) is 0 Å². The third-order valence-electron chi connectivity index (χ3n) is 3.85. The number of nitrogens with zero attached hydrogens (tertiary/aromatic N) is 1. The molecule has 0 aliphatic carbocycles. The Labute approximate surface area is 117 Å². The molecule has 1 aliphatic rings. The quantitative estimate of drug-likeness (QED) is 0.885. The van der Waals surface area contributed by atoms with E-state index in [1.54, 1.807) is 0 Å². The van der Waals surface area contributed by atoms with Crippen molar-refractivity contribution in [2.75, 3.05) is 13.1 Å². The number of hydrogen-bond acceptors (Lipinski definition) is 3. The summed E-state index contributed by atoms with van der Waals surface area (Å²) in [5.74, 6) is 2.72. The molecule has 1 aliphatic heterocycles. The normalized spacial score (nSPS) is 25.1. The van der Waals surface area contributed by atoms with Gasteiger partial charge in [-0.05, 0) is 24.3 Å². The van der Waals surface area contributed by atoms with Crippen LogP contribution in [0.25, 0.3) is 0 Å². The van der Waals surface area contributed by atoms with Gasteiger partial charge >= 0.3 is 0 Å². The topological polar surface area (TPSA) is 28.4 Å². The number of nitrogens with one attached hydrogen (secondary N) is 1. The molecule has 0 saturated carbocycles. The first kappa shape index (κ1) is 14.6. The van der Waals surface area contributed by atoms with E-state index in [1.165, 1.54) is 25.1 Å². The average Bonchev–Trinajstić information content (AvgIpc) is 2.72. The second-order valence-corrected chi connectivity index (χ2v) is 6.54. The molecule has 3 nitrogen and oxygen atoms in total. The molecule has 1 aromatic rings. The van der Waals surface area contributed by atoms with Crippen molar-refractivity contribution in [1.82, 2.24) is 10.2 Å². The zero-order chi connectivity index (χ0) is 13.8. The lowest BCUT2D eigenvalue weighted by Crippen LogP contribution is -2.38. The Balaban J connectivity index is 1.93. The van der Waals surface area contributed by atoms with Crippen molar-refractivity contribution in [3.05, 3.63) is 23.7 Å². The summed E-state index contributed by atoms with van der Waals surface area (Å²) in [7, 11) is 0. The van der Waals surface area contributed by atoms with Gasteiger partial charge in [-0.3, -0.25) is 4.90 Å². The molecule has 2 rings (SSSR count). The Morgan fingerprint density at radius 2 is 2.00 bits per heavy atom. The van der Waals surface area contributed by atoms with Crippen molar-refractivity contribution in [2.45, 2.75) is 53.2 Å². The van der Waals surface area contributed by atoms with Gasteiger partial charge in [0.2, 0.25) is 0 Å². The third-order valence-corrected chi connectivity index (χ3v) is 3.85. The van der Waals surface area contributed by atoms with E-state index in [1.807, 2.05) is 6.26 Å². The van der Waals surface area contributed by atoms with Gasteiger partial charge in [0.05, 0.1) is 12.8 Å². The van der Waals surface area contributed by atoms with Crippen molar-refractivity contribution in [2.24, 2.45) is 11.8 Å². The Kier molecular flexibility index (Phi) is 5.06. The molecule has 1 aromatic heterocycles. The van der Waals surface area contributed by atoms with Crippen molar-refractivity contribution < 1.29 is 4.42 Å². The van der Waals surface area contributed by atoms with Crippen LogP contribution in [0.3, 0.4) is 0 Å². The molecule has 0 amide bonds. The fraction of sp³-hybridized carbons (Fsp3) is 0.750. The van der Waals surface area contributed by atoms with Crippen LogP contribution in [0.15, 0.2) is 16.7 Å². The largest absolute Gasteiger partial charge is 0.468 e. The highest BCUT2D eigenvalue weighted by Crippen LogP contribution is 2.23. The fourth-order valence-corrected chi connectivity index (χ4v) is 3.12. The Bertz CT molecular complexity index is 376. The van der Waals surface area contributed by atoms with Crippen molar-refractivity contribution in [1.29, 1.82) is 0 Å². The molecule has 1 N–H and O–H groups in total. The molecule has 0 bridgehead atoms. The van der Waals surface area contributed by atoms with Crippen LogP contribution >= 0.6 is 0 Å². The molecule has 1 fully saturated rings. The zero-order valence-corrected chi connectivity index (χ0v) is 12.8. The van der Waals surface area contributed by atoms with Gasteiger partial charge in [-0.15, -0.1) is 0 Å². The highest BCUT2D eigenvalue weighted by molar-refractivity contribution is 5.17. The number of hydrogen-bond donors (Lipinski definition) is 1. The monoisotopic (exact) mass is 264 g/mol. The Hall–Kier alpha value is -0.800. The number of rotatable bonds is 5. The summed E-state index contributed by atoms with van der Waals surface area (Å²) in [5, 5.41) is 3.43. The van der Waals surface area contributed by atoms with E-state index in [0.29, 0.717) is 6.04 Å². The lowest BCUT2D eigenvalue weighted by atomic mass is 9.91. The van der Waals surface area contributed by atoms with Crippen LogP contribution in [-0.2, 0) is 13.1 Å². The molecule has 3 heteroatoms. The summed E-state index contributed by atoms with van der Waals surface area (Å²) in [4.78, 5) is 2.57. The molecule has 0 spiro atoms. The predicted octanol–water partition coefficient (Wildman–Crippen LogP) is 3.26. The summed E-state index contributed by atoms with van der Waals surface area (Å²) < 4.78 is 5.62. The SMILES string of the molecule is CC1CC(C)CN(Cc2ccoc2CNC(C)C)C1. The maximum absolute atomic E-state index is 5.62. The van der Waals surface area contributed by atoms with E-state index in [2.05, 4.69) is 44.0 Å². The summed E-state index contributed by atoms with van der Waals surface area (Å²) in [6.07, 6.45) is 3.19. The minimum absolute atomic E-state index is 0.494. The van der Waals surface area contributed by atoms with E-state index in [0.717, 1.165) is 30.7 Å². The number of piperidine rings is 1. The molecule has 108 valence electrons. The summed E-state index contributed by atoms with van der Waals surface area (Å²) in [5.41, 5.74) is 1.34. The Morgan fingerprint density at radius 3 is 2.63 bits per heavy atom. The molecule has 19 heavy (non-hydrogen) atoms. The van der Waals surface area contributed by atoms with Crippen LogP contribution in [0, 0.1) is 11.8 Å². The van der Waals surface area contributed by atoms with Gasteiger partial charge < -0.3 is 9.73 Å².